The fraction of sp³-hybridized carbons (Fsp3) is 0.474. The predicted octanol–water partition coefficient (Wildman–Crippen LogP) is 3.08. The third-order valence-electron chi connectivity index (χ3n) is 4.07. The minimum absolute atomic E-state index is 0.0900. The van der Waals surface area contributed by atoms with Gasteiger partial charge < -0.3 is 10.6 Å². The van der Waals surface area contributed by atoms with Crippen LogP contribution >= 0.6 is 0 Å². The highest BCUT2D eigenvalue weighted by molar-refractivity contribution is 5.88. The summed E-state index contributed by atoms with van der Waals surface area (Å²) in [6, 6.07) is 7.32. The molecular weight excluding hydrogens is 288 g/mol. The van der Waals surface area contributed by atoms with E-state index in [4.69, 9.17) is 0 Å². The van der Waals surface area contributed by atoms with Crippen molar-refractivity contribution in [2.24, 2.45) is 5.92 Å². The Morgan fingerprint density at radius 1 is 1.17 bits per heavy atom. The fourth-order valence-electron chi connectivity index (χ4n) is 2.85. The summed E-state index contributed by atoms with van der Waals surface area (Å²) < 4.78 is 0. The Morgan fingerprint density at radius 3 is 2.52 bits per heavy atom. The van der Waals surface area contributed by atoms with E-state index in [-0.39, 0.29) is 11.8 Å². The third-order valence-corrected chi connectivity index (χ3v) is 4.07. The van der Waals surface area contributed by atoms with Gasteiger partial charge in [0, 0.05) is 24.6 Å². The van der Waals surface area contributed by atoms with Crippen molar-refractivity contribution in [1.82, 2.24) is 5.32 Å². The maximum Gasteiger partial charge on any atom is 0.221 e. The molecule has 1 aliphatic carbocycles. The second-order valence-electron chi connectivity index (χ2n) is 6.03. The number of benzene rings is 1. The second-order valence-corrected chi connectivity index (χ2v) is 6.03. The van der Waals surface area contributed by atoms with Crippen LogP contribution in [0.15, 0.2) is 24.3 Å². The van der Waals surface area contributed by atoms with E-state index in [0.717, 1.165) is 23.6 Å². The Morgan fingerprint density at radius 2 is 1.87 bits per heavy atom. The molecule has 0 aromatic heterocycles. The standard InChI is InChI=1S/C19H24N2O2/c1-15(22)21-18-11-8-17(9-12-18)7-4-14-20-19(23)13-10-16-5-2-3-6-16/h8-9,11-12,16H,2-3,5-6,10,13-14H2,1H3,(H,20,23)(H,21,22). The first kappa shape index (κ1) is 17.1. The normalized spacial score (nSPS) is 14.0. The molecule has 0 saturated heterocycles. The Bertz CT molecular complexity index is 590. The zero-order chi connectivity index (χ0) is 16.5. The largest absolute Gasteiger partial charge is 0.345 e. The van der Waals surface area contributed by atoms with Gasteiger partial charge in [-0.15, -0.1) is 0 Å². The molecule has 0 heterocycles. The first-order valence-corrected chi connectivity index (χ1v) is 8.27. The SMILES string of the molecule is CC(=O)Nc1ccc(C#CCNC(=O)CCC2CCCC2)cc1. The lowest BCUT2D eigenvalue weighted by molar-refractivity contribution is -0.121. The van der Waals surface area contributed by atoms with Crippen LogP contribution in [0, 0.1) is 17.8 Å². The predicted molar refractivity (Wildman–Crippen MR) is 91.8 cm³/mol. The number of nitrogens with one attached hydrogen (secondary N) is 2. The van der Waals surface area contributed by atoms with Crippen molar-refractivity contribution in [3.63, 3.8) is 0 Å². The van der Waals surface area contributed by atoms with Crippen LogP contribution in [0.3, 0.4) is 0 Å². The monoisotopic (exact) mass is 312 g/mol. The highest BCUT2D eigenvalue weighted by Gasteiger charge is 2.15. The first-order valence-electron chi connectivity index (χ1n) is 8.27. The number of amides is 2. The summed E-state index contributed by atoms with van der Waals surface area (Å²) in [7, 11) is 0. The van der Waals surface area contributed by atoms with Gasteiger partial charge in [-0.2, -0.15) is 0 Å². The Hall–Kier alpha value is -2.28. The summed E-state index contributed by atoms with van der Waals surface area (Å²) in [5.41, 5.74) is 1.61. The highest BCUT2D eigenvalue weighted by atomic mass is 16.2. The summed E-state index contributed by atoms with van der Waals surface area (Å²) in [5.74, 6) is 6.69. The van der Waals surface area contributed by atoms with Crippen molar-refractivity contribution < 1.29 is 9.59 Å². The van der Waals surface area contributed by atoms with Crippen LogP contribution in [-0.4, -0.2) is 18.4 Å². The quantitative estimate of drug-likeness (QED) is 0.821. The molecule has 23 heavy (non-hydrogen) atoms. The fourth-order valence-corrected chi connectivity index (χ4v) is 2.85. The molecule has 1 aliphatic rings. The molecule has 0 aliphatic heterocycles. The van der Waals surface area contributed by atoms with E-state index in [1.165, 1.54) is 32.6 Å². The van der Waals surface area contributed by atoms with Gasteiger partial charge in [-0.05, 0) is 36.6 Å². The minimum atomic E-state index is -0.0934. The molecule has 2 N–H and O–H groups in total. The van der Waals surface area contributed by atoms with Crippen molar-refractivity contribution in [1.29, 1.82) is 0 Å². The van der Waals surface area contributed by atoms with E-state index in [1.807, 2.05) is 24.3 Å². The molecule has 122 valence electrons. The van der Waals surface area contributed by atoms with Gasteiger partial charge in [0.1, 0.15) is 0 Å². The summed E-state index contributed by atoms with van der Waals surface area (Å²) in [5, 5.41) is 5.55. The van der Waals surface area contributed by atoms with Gasteiger partial charge >= 0.3 is 0 Å². The number of carbonyl (C=O) groups excluding carboxylic acids is 2. The molecule has 2 amide bonds. The van der Waals surface area contributed by atoms with Crippen LogP contribution in [0.2, 0.25) is 0 Å². The van der Waals surface area contributed by atoms with E-state index in [1.54, 1.807) is 0 Å². The second kappa shape index (κ2) is 8.99. The van der Waals surface area contributed by atoms with Gasteiger partial charge in [0.05, 0.1) is 6.54 Å². The Balaban J connectivity index is 1.68. The van der Waals surface area contributed by atoms with Gasteiger partial charge in [-0.3, -0.25) is 9.59 Å². The van der Waals surface area contributed by atoms with Gasteiger partial charge in [-0.25, -0.2) is 0 Å². The maximum absolute atomic E-state index is 11.7. The molecule has 0 unspecified atom stereocenters. The van der Waals surface area contributed by atoms with Crippen molar-refractivity contribution >= 4 is 17.5 Å². The first-order chi connectivity index (χ1) is 11.1. The topological polar surface area (TPSA) is 58.2 Å². The van der Waals surface area contributed by atoms with E-state index < -0.39 is 0 Å². The summed E-state index contributed by atoms with van der Waals surface area (Å²) in [6.45, 7) is 1.85. The molecule has 4 heteroatoms. The number of hydrogen-bond acceptors (Lipinski definition) is 2. The molecule has 4 nitrogen and oxygen atoms in total. The van der Waals surface area contributed by atoms with Gasteiger partial charge in [0.2, 0.25) is 11.8 Å². The summed E-state index contributed by atoms with van der Waals surface area (Å²) in [4.78, 5) is 22.7. The summed E-state index contributed by atoms with van der Waals surface area (Å²) in [6.07, 6.45) is 6.81. The molecular formula is C19H24N2O2. The molecule has 1 aromatic rings. The van der Waals surface area contributed by atoms with Gasteiger partial charge in [-0.1, -0.05) is 37.5 Å². The van der Waals surface area contributed by atoms with E-state index >= 15 is 0 Å². The molecule has 0 radical (unpaired) electrons. The van der Waals surface area contributed by atoms with Crippen LogP contribution in [-0.2, 0) is 9.59 Å². The minimum Gasteiger partial charge on any atom is -0.345 e. The van der Waals surface area contributed by atoms with Crippen molar-refractivity contribution in [2.75, 3.05) is 11.9 Å². The Labute approximate surface area is 138 Å². The van der Waals surface area contributed by atoms with E-state index in [0.29, 0.717) is 13.0 Å². The van der Waals surface area contributed by atoms with Crippen LogP contribution in [0.1, 0.15) is 51.0 Å². The number of carbonyl (C=O) groups is 2. The molecule has 1 saturated carbocycles. The Kier molecular flexibility index (Phi) is 6.68. The lowest BCUT2D eigenvalue weighted by atomic mass is 10.0. The molecule has 0 bridgehead atoms. The van der Waals surface area contributed by atoms with Gasteiger partial charge in [0.25, 0.3) is 0 Å². The smallest absolute Gasteiger partial charge is 0.221 e. The molecule has 1 aromatic carbocycles. The summed E-state index contributed by atoms with van der Waals surface area (Å²) >= 11 is 0. The van der Waals surface area contributed by atoms with Crippen LogP contribution in [0.25, 0.3) is 0 Å². The van der Waals surface area contributed by atoms with Crippen LogP contribution in [0.5, 0.6) is 0 Å². The molecule has 0 atom stereocenters. The van der Waals surface area contributed by atoms with Crippen molar-refractivity contribution in [3.8, 4) is 11.8 Å². The lowest BCUT2D eigenvalue weighted by Gasteiger charge is -2.07. The number of anilines is 1. The zero-order valence-electron chi connectivity index (χ0n) is 13.7. The average Bonchev–Trinajstić information content (AvgIpc) is 3.04. The lowest BCUT2D eigenvalue weighted by Crippen LogP contribution is -2.23. The number of rotatable bonds is 5. The van der Waals surface area contributed by atoms with E-state index in [2.05, 4.69) is 22.5 Å². The van der Waals surface area contributed by atoms with Crippen LogP contribution in [0.4, 0.5) is 5.69 Å². The molecule has 1 fully saturated rings. The highest BCUT2D eigenvalue weighted by Crippen LogP contribution is 2.28. The van der Waals surface area contributed by atoms with Gasteiger partial charge in [0.15, 0.2) is 0 Å². The van der Waals surface area contributed by atoms with Crippen molar-refractivity contribution in [3.05, 3.63) is 29.8 Å². The zero-order valence-corrected chi connectivity index (χ0v) is 13.7. The van der Waals surface area contributed by atoms with Crippen molar-refractivity contribution in [2.45, 2.75) is 45.4 Å². The van der Waals surface area contributed by atoms with Crippen LogP contribution < -0.4 is 10.6 Å². The molecule has 2 rings (SSSR count). The number of hydrogen-bond donors (Lipinski definition) is 2. The average molecular weight is 312 g/mol. The molecule has 0 spiro atoms. The third kappa shape index (κ3) is 6.56. The maximum atomic E-state index is 11.7. The van der Waals surface area contributed by atoms with E-state index in [9.17, 15) is 9.59 Å².